The maximum absolute atomic E-state index is 12.2. The van der Waals surface area contributed by atoms with Gasteiger partial charge in [0.25, 0.3) is 10.0 Å². The van der Waals surface area contributed by atoms with Gasteiger partial charge in [0.15, 0.2) is 5.13 Å². The molecule has 0 aliphatic carbocycles. The number of sulfonamides is 1. The Bertz CT molecular complexity index is 651. The van der Waals surface area contributed by atoms with E-state index in [1.165, 1.54) is 23.7 Å². The Labute approximate surface area is 109 Å². The Kier molecular flexibility index (Phi) is 3.48. The molecule has 0 saturated carbocycles. The Hall–Kier alpha value is -1.67. The number of aromatic nitrogens is 2. The van der Waals surface area contributed by atoms with Crippen molar-refractivity contribution in [2.24, 2.45) is 0 Å². The molecule has 2 heterocycles. The lowest BCUT2D eigenvalue weighted by atomic mass is 10.4. The first-order valence-corrected chi connectivity index (χ1v) is 7.40. The van der Waals surface area contributed by atoms with Crippen LogP contribution in [0.4, 0.5) is 10.8 Å². The van der Waals surface area contributed by atoms with Crippen molar-refractivity contribution in [3.8, 4) is 0 Å². The molecule has 2 aromatic rings. The summed E-state index contributed by atoms with van der Waals surface area (Å²) in [5.41, 5.74) is 0.491. The van der Waals surface area contributed by atoms with Crippen LogP contribution in [0, 0.1) is 6.92 Å². The molecule has 0 unspecified atom stereocenters. The van der Waals surface area contributed by atoms with E-state index in [1.807, 2.05) is 6.92 Å². The van der Waals surface area contributed by atoms with Crippen LogP contribution in [0.25, 0.3) is 0 Å². The van der Waals surface area contributed by atoms with E-state index in [0.29, 0.717) is 10.8 Å². The molecule has 0 amide bonds. The van der Waals surface area contributed by atoms with Crippen molar-refractivity contribution in [2.45, 2.75) is 11.8 Å². The SMILES string of the molecule is CNc1ccncc1S(=O)(=O)Nc1ncc(C)s1. The molecule has 0 saturated heterocycles. The van der Waals surface area contributed by atoms with Gasteiger partial charge in [0.05, 0.1) is 5.69 Å². The van der Waals surface area contributed by atoms with Crippen LogP contribution in [0.5, 0.6) is 0 Å². The Morgan fingerprint density at radius 1 is 1.33 bits per heavy atom. The molecule has 96 valence electrons. The number of aryl methyl sites for hydroxylation is 1. The monoisotopic (exact) mass is 284 g/mol. The molecule has 0 aromatic carbocycles. The number of hydrogen-bond donors (Lipinski definition) is 2. The Morgan fingerprint density at radius 2 is 2.11 bits per heavy atom. The van der Waals surface area contributed by atoms with Gasteiger partial charge >= 0.3 is 0 Å². The summed E-state index contributed by atoms with van der Waals surface area (Å²) in [5.74, 6) is 0. The molecule has 0 radical (unpaired) electrons. The zero-order valence-electron chi connectivity index (χ0n) is 9.84. The fourth-order valence-electron chi connectivity index (χ4n) is 1.37. The van der Waals surface area contributed by atoms with Gasteiger partial charge in [0, 0.05) is 30.5 Å². The zero-order valence-corrected chi connectivity index (χ0v) is 11.5. The van der Waals surface area contributed by atoms with Crippen LogP contribution >= 0.6 is 11.3 Å². The van der Waals surface area contributed by atoms with Gasteiger partial charge in [-0.05, 0) is 13.0 Å². The molecule has 8 heteroatoms. The van der Waals surface area contributed by atoms with E-state index in [9.17, 15) is 8.42 Å². The summed E-state index contributed by atoms with van der Waals surface area (Å²) in [4.78, 5) is 8.83. The van der Waals surface area contributed by atoms with E-state index in [-0.39, 0.29) is 4.90 Å². The number of nitrogens with one attached hydrogen (secondary N) is 2. The van der Waals surface area contributed by atoms with Crippen LogP contribution in [-0.4, -0.2) is 25.4 Å². The molecule has 0 atom stereocenters. The van der Waals surface area contributed by atoms with Crippen molar-refractivity contribution in [1.82, 2.24) is 9.97 Å². The van der Waals surface area contributed by atoms with E-state index in [1.54, 1.807) is 19.3 Å². The van der Waals surface area contributed by atoms with Gasteiger partial charge < -0.3 is 5.32 Å². The second-order valence-electron chi connectivity index (χ2n) is 3.50. The van der Waals surface area contributed by atoms with Crippen molar-refractivity contribution < 1.29 is 8.42 Å². The average Bonchev–Trinajstić information content (AvgIpc) is 2.74. The minimum atomic E-state index is -3.67. The summed E-state index contributed by atoms with van der Waals surface area (Å²) in [6.45, 7) is 1.86. The van der Waals surface area contributed by atoms with Crippen molar-refractivity contribution in [1.29, 1.82) is 0 Å². The van der Waals surface area contributed by atoms with Gasteiger partial charge in [-0.1, -0.05) is 0 Å². The van der Waals surface area contributed by atoms with Crippen LogP contribution in [0.2, 0.25) is 0 Å². The van der Waals surface area contributed by atoms with Crippen LogP contribution in [0.1, 0.15) is 4.88 Å². The molecule has 0 fully saturated rings. The summed E-state index contributed by atoms with van der Waals surface area (Å²) in [5, 5.41) is 3.16. The number of hydrogen-bond acceptors (Lipinski definition) is 6. The largest absolute Gasteiger partial charge is 0.387 e. The van der Waals surface area contributed by atoms with E-state index in [4.69, 9.17) is 0 Å². The summed E-state index contributed by atoms with van der Waals surface area (Å²) in [6.07, 6.45) is 4.44. The molecule has 0 aliphatic rings. The van der Waals surface area contributed by atoms with E-state index in [0.717, 1.165) is 4.88 Å². The van der Waals surface area contributed by atoms with Crippen LogP contribution in [0.15, 0.2) is 29.6 Å². The molecular weight excluding hydrogens is 272 g/mol. The highest BCUT2D eigenvalue weighted by atomic mass is 32.2. The molecule has 6 nitrogen and oxygen atoms in total. The highest BCUT2D eigenvalue weighted by molar-refractivity contribution is 7.93. The second kappa shape index (κ2) is 4.91. The lowest BCUT2D eigenvalue weighted by Gasteiger charge is -2.09. The number of rotatable bonds is 4. The van der Waals surface area contributed by atoms with E-state index >= 15 is 0 Å². The summed E-state index contributed by atoms with van der Waals surface area (Å²) < 4.78 is 26.8. The minimum absolute atomic E-state index is 0.0975. The molecule has 18 heavy (non-hydrogen) atoms. The van der Waals surface area contributed by atoms with Crippen molar-refractivity contribution in [3.63, 3.8) is 0 Å². The summed E-state index contributed by atoms with van der Waals surface area (Å²) >= 11 is 1.28. The number of pyridine rings is 1. The van der Waals surface area contributed by atoms with E-state index in [2.05, 4.69) is 20.0 Å². The van der Waals surface area contributed by atoms with Crippen molar-refractivity contribution in [3.05, 3.63) is 29.5 Å². The third kappa shape index (κ3) is 2.59. The highest BCUT2D eigenvalue weighted by Gasteiger charge is 2.19. The lowest BCUT2D eigenvalue weighted by molar-refractivity contribution is 0.601. The molecule has 2 N–H and O–H groups in total. The lowest BCUT2D eigenvalue weighted by Crippen LogP contribution is -2.14. The number of anilines is 2. The van der Waals surface area contributed by atoms with E-state index < -0.39 is 10.0 Å². The van der Waals surface area contributed by atoms with Gasteiger partial charge in [0.2, 0.25) is 0 Å². The molecule has 0 spiro atoms. The highest BCUT2D eigenvalue weighted by Crippen LogP contribution is 2.24. The van der Waals surface area contributed by atoms with Gasteiger partial charge in [-0.2, -0.15) is 0 Å². The van der Waals surface area contributed by atoms with Crippen molar-refractivity contribution in [2.75, 3.05) is 17.1 Å². The summed E-state index contributed by atoms with van der Waals surface area (Å²) in [7, 11) is -2.02. The predicted octanol–water partition coefficient (Wildman–Crippen LogP) is 1.69. The molecule has 0 aliphatic heterocycles. The van der Waals surface area contributed by atoms with Crippen molar-refractivity contribution >= 4 is 32.2 Å². The third-order valence-electron chi connectivity index (χ3n) is 2.19. The maximum atomic E-state index is 12.2. The van der Waals surface area contributed by atoms with Crippen LogP contribution in [-0.2, 0) is 10.0 Å². The molecule has 2 aromatic heterocycles. The van der Waals surface area contributed by atoms with Gasteiger partial charge in [-0.15, -0.1) is 11.3 Å². The molecule has 2 rings (SSSR count). The van der Waals surface area contributed by atoms with Gasteiger partial charge in [0.1, 0.15) is 4.90 Å². The van der Waals surface area contributed by atoms with Gasteiger partial charge in [-0.3, -0.25) is 9.71 Å². The second-order valence-corrected chi connectivity index (χ2v) is 6.39. The Balaban J connectivity index is 2.36. The first kappa shape index (κ1) is 12.8. The Morgan fingerprint density at radius 3 is 2.72 bits per heavy atom. The smallest absolute Gasteiger partial charge is 0.267 e. The predicted molar refractivity (Wildman–Crippen MR) is 71.4 cm³/mol. The normalized spacial score (nSPS) is 11.2. The van der Waals surface area contributed by atoms with Gasteiger partial charge in [-0.25, -0.2) is 13.4 Å². The third-order valence-corrected chi connectivity index (χ3v) is 4.51. The number of thiazole rings is 1. The zero-order chi connectivity index (χ0) is 13.2. The van der Waals surface area contributed by atoms with Crippen LogP contribution in [0.3, 0.4) is 0 Å². The fraction of sp³-hybridized carbons (Fsp3) is 0.200. The number of nitrogens with zero attached hydrogens (tertiary/aromatic N) is 2. The standard InChI is InChI=1S/C10H12N4O2S2/c1-7-5-13-10(17-7)14-18(15,16)9-6-12-4-3-8(9)11-2/h3-6H,1-2H3,(H,11,12)(H,13,14). The average molecular weight is 284 g/mol. The summed E-state index contributed by atoms with van der Waals surface area (Å²) in [6, 6.07) is 1.60. The quantitative estimate of drug-likeness (QED) is 0.892. The molecule has 0 bridgehead atoms. The first-order chi connectivity index (χ1) is 8.53. The minimum Gasteiger partial charge on any atom is -0.387 e. The van der Waals surface area contributed by atoms with Crippen LogP contribution < -0.4 is 10.0 Å². The topological polar surface area (TPSA) is 84.0 Å². The fourth-order valence-corrected chi connectivity index (χ4v) is 3.44. The first-order valence-electron chi connectivity index (χ1n) is 5.10. The molecular formula is C10H12N4O2S2. The maximum Gasteiger partial charge on any atom is 0.267 e.